The van der Waals surface area contributed by atoms with Crippen molar-refractivity contribution in [3.05, 3.63) is 12.7 Å². The van der Waals surface area contributed by atoms with Crippen LogP contribution in [-0.4, -0.2) is 43.8 Å². The molecule has 76 valence electrons. The molecule has 3 nitrogen and oxygen atoms in total. The topological polar surface area (TPSA) is 43.4 Å². The molecular formula is C8H18MgO3S. The molecule has 0 atom stereocenters. The van der Waals surface area contributed by atoms with Crippen molar-refractivity contribution in [1.82, 2.24) is 0 Å². The molecule has 13 heavy (non-hydrogen) atoms. The monoisotopic (exact) mass is 218 g/mol. The molecule has 0 aliphatic carbocycles. The van der Waals surface area contributed by atoms with Crippen molar-refractivity contribution in [2.24, 2.45) is 0 Å². The molecule has 0 N–H and O–H groups in total. The fraction of sp³-hybridized carbons (Fsp3) is 0.750. The molecule has 0 spiro atoms. The number of hydrogen-bond donors (Lipinski definition) is 0. The first-order valence-electron chi connectivity index (χ1n) is 4.10. The van der Waals surface area contributed by atoms with Crippen molar-refractivity contribution < 1.29 is 12.6 Å². The van der Waals surface area contributed by atoms with Crippen LogP contribution >= 0.6 is 0 Å². The van der Waals surface area contributed by atoms with E-state index in [-0.39, 0.29) is 35.4 Å². The van der Waals surface area contributed by atoms with Crippen LogP contribution in [0.2, 0.25) is 0 Å². The van der Waals surface area contributed by atoms with Crippen LogP contribution in [0.15, 0.2) is 12.7 Å². The Labute approximate surface area is 96.8 Å². The lowest BCUT2D eigenvalue weighted by atomic mass is 10.3. The highest BCUT2D eigenvalue weighted by Crippen LogP contribution is 2.01. The lowest BCUT2D eigenvalue weighted by Gasteiger charge is -2.01. The molecule has 0 saturated carbocycles. The van der Waals surface area contributed by atoms with Gasteiger partial charge < -0.3 is 0 Å². The summed E-state index contributed by atoms with van der Waals surface area (Å²) in [5.41, 5.74) is 0. The fourth-order valence-electron chi connectivity index (χ4n) is 0.740. The molecule has 5 heteroatoms. The van der Waals surface area contributed by atoms with Crippen LogP contribution in [-0.2, 0) is 14.3 Å². The van der Waals surface area contributed by atoms with Gasteiger partial charge in [0.25, 0.3) is 10.1 Å². The molecule has 0 aromatic heterocycles. The maximum absolute atomic E-state index is 11.0. The Morgan fingerprint density at radius 1 is 1.38 bits per heavy atom. The highest BCUT2D eigenvalue weighted by Gasteiger charge is 2.08. The third-order valence-electron chi connectivity index (χ3n) is 1.36. The van der Waals surface area contributed by atoms with Crippen molar-refractivity contribution in [2.45, 2.75) is 26.2 Å². The summed E-state index contributed by atoms with van der Waals surface area (Å²) in [7, 11) is -3.29. The van der Waals surface area contributed by atoms with E-state index in [1.54, 1.807) is 0 Å². The average Bonchev–Trinajstić information content (AvgIpc) is 2.01. The summed E-state index contributed by atoms with van der Waals surface area (Å²) < 4.78 is 26.6. The van der Waals surface area contributed by atoms with Crippen LogP contribution in [0.3, 0.4) is 0 Å². The van der Waals surface area contributed by atoms with Crippen molar-refractivity contribution in [2.75, 3.05) is 12.4 Å². The summed E-state index contributed by atoms with van der Waals surface area (Å²) in [4.78, 5) is 0. The van der Waals surface area contributed by atoms with E-state index in [2.05, 4.69) is 10.8 Å². The normalized spacial score (nSPS) is 10.5. The molecule has 0 aliphatic heterocycles. The zero-order chi connectivity index (χ0) is 9.45. The summed E-state index contributed by atoms with van der Waals surface area (Å²) in [6.07, 6.45) is 4.04. The van der Waals surface area contributed by atoms with E-state index in [1.807, 2.05) is 6.92 Å². The highest BCUT2D eigenvalue weighted by atomic mass is 32.2. The zero-order valence-corrected chi connectivity index (χ0v) is 8.27. The van der Waals surface area contributed by atoms with Gasteiger partial charge in [-0.05, 0) is 6.42 Å². The Bertz CT molecular complexity index is 211. The van der Waals surface area contributed by atoms with Crippen LogP contribution in [0, 0.1) is 0 Å². The molecule has 0 bridgehead atoms. The van der Waals surface area contributed by atoms with Gasteiger partial charge in [0.05, 0.1) is 12.4 Å². The van der Waals surface area contributed by atoms with Crippen LogP contribution < -0.4 is 0 Å². The third-order valence-corrected chi connectivity index (χ3v) is 2.65. The van der Waals surface area contributed by atoms with Crippen molar-refractivity contribution >= 4 is 33.2 Å². The second-order valence-corrected chi connectivity index (χ2v) is 4.30. The summed E-state index contributed by atoms with van der Waals surface area (Å²) in [5.74, 6) is 0.120. The molecular weight excluding hydrogens is 200 g/mol. The maximum atomic E-state index is 11.0. The van der Waals surface area contributed by atoms with Gasteiger partial charge in [-0.15, -0.1) is 6.58 Å². The SMILES string of the molecule is C=CCOS(=O)(=O)CCCCC.[MgH2]. The Balaban J connectivity index is 0. The Hall–Kier alpha value is 0.416. The first-order valence-corrected chi connectivity index (χ1v) is 5.68. The molecule has 0 fully saturated rings. The van der Waals surface area contributed by atoms with Gasteiger partial charge in [-0.1, -0.05) is 25.8 Å². The van der Waals surface area contributed by atoms with Gasteiger partial charge >= 0.3 is 23.1 Å². The average molecular weight is 219 g/mol. The molecule has 0 unspecified atom stereocenters. The van der Waals surface area contributed by atoms with Crippen molar-refractivity contribution in [3.8, 4) is 0 Å². The van der Waals surface area contributed by atoms with E-state index in [4.69, 9.17) is 0 Å². The Kier molecular flexibility index (Phi) is 11.0. The van der Waals surface area contributed by atoms with Crippen molar-refractivity contribution in [3.63, 3.8) is 0 Å². The molecule has 0 amide bonds. The molecule has 0 saturated heterocycles. The van der Waals surface area contributed by atoms with Gasteiger partial charge in [0, 0.05) is 0 Å². The quantitative estimate of drug-likeness (QED) is 0.275. The predicted octanol–water partition coefficient (Wildman–Crippen LogP) is 0.793. The van der Waals surface area contributed by atoms with Crippen LogP contribution in [0.4, 0.5) is 0 Å². The highest BCUT2D eigenvalue weighted by molar-refractivity contribution is 7.86. The van der Waals surface area contributed by atoms with E-state index >= 15 is 0 Å². The third kappa shape index (κ3) is 10.3. The molecule has 0 heterocycles. The lowest BCUT2D eigenvalue weighted by molar-refractivity contribution is 0.356. The standard InChI is InChI=1S/C8H16O3S.Mg.2H/c1-3-5-6-8-12(9,10)11-7-4-2;;;/h4H,2-3,5-8H2,1H3;;;. The van der Waals surface area contributed by atoms with Crippen LogP contribution in [0.5, 0.6) is 0 Å². The summed E-state index contributed by atoms with van der Waals surface area (Å²) in [5, 5.41) is 0. The van der Waals surface area contributed by atoms with E-state index < -0.39 is 10.1 Å². The Morgan fingerprint density at radius 2 is 2.00 bits per heavy atom. The maximum Gasteiger partial charge on any atom is 0.316 e. The first kappa shape index (κ1) is 15.9. The zero-order valence-electron chi connectivity index (χ0n) is 7.45. The van der Waals surface area contributed by atoms with Gasteiger partial charge in [0.15, 0.2) is 0 Å². The van der Waals surface area contributed by atoms with Gasteiger partial charge in [0.2, 0.25) is 0 Å². The van der Waals surface area contributed by atoms with Crippen LogP contribution in [0.1, 0.15) is 26.2 Å². The minimum absolute atomic E-state index is 0. The van der Waals surface area contributed by atoms with Gasteiger partial charge in [-0.2, -0.15) is 8.42 Å². The summed E-state index contributed by atoms with van der Waals surface area (Å²) in [6.45, 7) is 5.47. The van der Waals surface area contributed by atoms with E-state index in [9.17, 15) is 8.42 Å². The summed E-state index contributed by atoms with van der Waals surface area (Å²) >= 11 is 0. The van der Waals surface area contributed by atoms with Crippen molar-refractivity contribution in [1.29, 1.82) is 0 Å². The number of rotatable bonds is 7. The first-order chi connectivity index (χ1) is 5.62. The second-order valence-electron chi connectivity index (χ2n) is 2.54. The molecule has 0 aromatic rings. The lowest BCUT2D eigenvalue weighted by Crippen LogP contribution is -2.10. The number of hydrogen-bond acceptors (Lipinski definition) is 3. The van der Waals surface area contributed by atoms with Gasteiger partial charge in [-0.25, -0.2) is 0 Å². The smallest absolute Gasteiger partial charge is 0.266 e. The molecule has 0 aliphatic rings. The predicted molar refractivity (Wildman–Crippen MR) is 58.0 cm³/mol. The minimum atomic E-state index is -3.29. The largest absolute Gasteiger partial charge is 0.316 e. The van der Waals surface area contributed by atoms with E-state index in [1.165, 1.54) is 6.08 Å². The Morgan fingerprint density at radius 3 is 2.46 bits per heavy atom. The minimum Gasteiger partial charge on any atom is -0.266 e. The van der Waals surface area contributed by atoms with Gasteiger partial charge in [0.1, 0.15) is 0 Å². The fourth-order valence-corrected chi connectivity index (χ4v) is 1.72. The molecule has 0 rings (SSSR count). The van der Waals surface area contributed by atoms with E-state index in [0.717, 1.165) is 12.8 Å². The van der Waals surface area contributed by atoms with Crippen LogP contribution in [0.25, 0.3) is 0 Å². The second kappa shape index (κ2) is 8.99. The molecule has 0 aromatic carbocycles. The summed E-state index contributed by atoms with van der Waals surface area (Å²) in [6, 6.07) is 0. The number of unbranched alkanes of at least 4 members (excludes halogenated alkanes) is 2. The van der Waals surface area contributed by atoms with E-state index in [0.29, 0.717) is 6.42 Å². The van der Waals surface area contributed by atoms with Gasteiger partial charge in [-0.3, -0.25) is 4.18 Å². The molecule has 0 radical (unpaired) electrons.